The number of carbonyl (C=O) groups is 1. The van der Waals surface area contributed by atoms with E-state index in [-0.39, 0.29) is 16.8 Å². The van der Waals surface area contributed by atoms with Gasteiger partial charge in [0.25, 0.3) is 0 Å². The third-order valence-electron chi connectivity index (χ3n) is 3.42. The molecule has 104 valence electrons. The fourth-order valence-electron chi connectivity index (χ4n) is 2.43. The number of anilines is 1. The van der Waals surface area contributed by atoms with Crippen LogP contribution in [0.3, 0.4) is 0 Å². The summed E-state index contributed by atoms with van der Waals surface area (Å²) in [5.41, 5.74) is 0. The second-order valence-electron chi connectivity index (χ2n) is 4.63. The highest BCUT2D eigenvalue weighted by Crippen LogP contribution is 2.31. The van der Waals surface area contributed by atoms with Crippen LogP contribution >= 0.6 is 11.3 Å². The van der Waals surface area contributed by atoms with E-state index >= 15 is 0 Å². The number of nitrogens with one attached hydrogen (secondary N) is 1. The van der Waals surface area contributed by atoms with E-state index in [1.54, 1.807) is 0 Å². The zero-order chi connectivity index (χ0) is 13.8. The highest BCUT2D eigenvalue weighted by Gasteiger charge is 2.30. The van der Waals surface area contributed by atoms with Crippen LogP contribution in [0.5, 0.6) is 0 Å². The quantitative estimate of drug-likeness (QED) is 0.635. The first-order valence-corrected chi connectivity index (χ1v) is 6.96. The third kappa shape index (κ3) is 3.40. The van der Waals surface area contributed by atoms with Gasteiger partial charge in [0.1, 0.15) is 6.20 Å². The Kier molecular flexibility index (Phi) is 4.31. The molecule has 2 rings (SSSR count). The van der Waals surface area contributed by atoms with Crippen molar-refractivity contribution in [2.45, 2.75) is 25.7 Å². The molecule has 1 aliphatic carbocycles. The Morgan fingerprint density at radius 3 is 2.95 bits per heavy atom. The van der Waals surface area contributed by atoms with Crippen LogP contribution in [0.15, 0.2) is 6.20 Å². The first-order chi connectivity index (χ1) is 9.08. The maximum absolute atomic E-state index is 11.1. The fourth-order valence-corrected chi connectivity index (χ4v) is 3.07. The number of aliphatic carboxylic acids is 1. The van der Waals surface area contributed by atoms with Gasteiger partial charge in [-0.3, -0.25) is 14.9 Å². The minimum atomic E-state index is -0.753. The van der Waals surface area contributed by atoms with Gasteiger partial charge in [-0.15, -0.1) is 0 Å². The molecule has 1 aliphatic rings. The molecule has 1 aromatic rings. The Morgan fingerprint density at radius 2 is 2.32 bits per heavy atom. The number of carboxylic acids is 1. The molecule has 7 nitrogen and oxygen atoms in total. The smallest absolute Gasteiger partial charge is 0.345 e. The maximum atomic E-state index is 11.1. The van der Waals surface area contributed by atoms with Crippen molar-refractivity contribution in [3.8, 4) is 0 Å². The summed E-state index contributed by atoms with van der Waals surface area (Å²) in [5.74, 6) is -1.01. The van der Waals surface area contributed by atoms with E-state index in [1.807, 2.05) is 0 Å². The zero-order valence-corrected chi connectivity index (χ0v) is 11.1. The standard InChI is InChI=1S/C11H15N3O4S/c15-10(16)8-4-2-1-3-7(8)5-12-11-13-6-9(19-11)14(17)18/h6-8H,1-5H2,(H,12,13)(H,15,16). The van der Waals surface area contributed by atoms with Gasteiger partial charge in [0, 0.05) is 6.54 Å². The molecule has 0 spiro atoms. The first-order valence-electron chi connectivity index (χ1n) is 6.15. The molecule has 0 amide bonds. The van der Waals surface area contributed by atoms with Crippen molar-refractivity contribution in [1.82, 2.24) is 4.98 Å². The molecule has 0 saturated heterocycles. The van der Waals surface area contributed by atoms with Crippen LogP contribution in [0.4, 0.5) is 10.1 Å². The number of hydrogen-bond acceptors (Lipinski definition) is 6. The van der Waals surface area contributed by atoms with Gasteiger partial charge in [0.15, 0.2) is 5.13 Å². The van der Waals surface area contributed by atoms with Crippen LogP contribution in [-0.4, -0.2) is 27.5 Å². The van der Waals surface area contributed by atoms with Crippen LogP contribution in [0, 0.1) is 22.0 Å². The van der Waals surface area contributed by atoms with Crippen molar-refractivity contribution in [2.24, 2.45) is 11.8 Å². The molecule has 1 fully saturated rings. The highest BCUT2D eigenvalue weighted by atomic mass is 32.1. The molecule has 0 bridgehead atoms. The minimum absolute atomic E-state index is 0.0130. The molecule has 0 radical (unpaired) electrons. The van der Waals surface area contributed by atoms with Crippen molar-refractivity contribution >= 4 is 27.4 Å². The van der Waals surface area contributed by atoms with Crippen LogP contribution in [0.25, 0.3) is 0 Å². The van der Waals surface area contributed by atoms with E-state index in [0.717, 1.165) is 30.6 Å². The van der Waals surface area contributed by atoms with Crippen LogP contribution in [0.2, 0.25) is 0 Å². The molecule has 0 aromatic carbocycles. The van der Waals surface area contributed by atoms with Crippen LogP contribution < -0.4 is 5.32 Å². The number of nitrogens with zero attached hydrogens (tertiary/aromatic N) is 2. The predicted molar refractivity (Wildman–Crippen MR) is 70.3 cm³/mol. The Balaban J connectivity index is 1.92. The number of aromatic nitrogens is 1. The van der Waals surface area contributed by atoms with Gasteiger partial charge in [-0.05, 0) is 30.1 Å². The first kappa shape index (κ1) is 13.7. The van der Waals surface area contributed by atoms with Crippen molar-refractivity contribution in [3.63, 3.8) is 0 Å². The van der Waals surface area contributed by atoms with Crippen LogP contribution in [-0.2, 0) is 4.79 Å². The van der Waals surface area contributed by atoms with Gasteiger partial charge >= 0.3 is 11.0 Å². The van der Waals surface area contributed by atoms with Crippen molar-refractivity contribution in [3.05, 3.63) is 16.3 Å². The van der Waals surface area contributed by atoms with Gasteiger partial charge < -0.3 is 10.4 Å². The number of hydrogen-bond donors (Lipinski definition) is 2. The number of carboxylic acid groups (broad SMARTS) is 1. The maximum Gasteiger partial charge on any atom is 0.345 e. The summed E-state index contributed by atoms with van der Waals surface area (Å²) in [6.45, 7) is 0.502. The molecule has 8 heteroatoms. The average molecular weight is 285 g/mol. The molecule has 1 aromatic heterocycles. The van der Waals surface area contributed by atoms with E-state index in [2.05, 4.69) is 10.3 Å². The van der Waals surface area contributed by atoms with Gasteiger partial charge in [-0.25, -0.2) is 4.98 Å². The molecule has 1 saturated carbocycles. The number of thiazole rings is 1. The zero-order valence-electron chi connectivity index (χ0n) is 10.2. The monoisotopic (exact) mass is 285 g/mol. The summed E-state index contributed by atoms with van der Waals surface area (Å²) < 4.78 is 0. The molecule has 2 unspecified atom stereocenters. The average Bonchev–Trinajstić information content (AvgIpc) is 2.85. The number of rotatable bonds is 5. The lowest BCUT2D eigenvalue weighted by molar-refractivity contribution is -0.380. The lowest BCUT2D eigenvalue weighted by atomic mass is 9.79. The fraction of sp³-hybridized carbons (Fsp3) is 0.636. The molecular weight excluding hydrogens is 270 g/mol. The summed E-state index contributed by atoms with van der Waals surface area (Å²) in [6.07, 6.45) is 4.78. The minimum Gasteiger partial charge on any atom is -0.481 e. The Labute approximate surface area is 113 Å². The number of nitro groups is 1. The van der Waals surface area contributed by atoms with Crippen molar-refractivity contribution in [2.75, 3.05) is 11.9 Å². The second kappa shape index (κ2) is 5.96. The third-order valence-corrected chi connectivity index (χ3v) is 4.32. The van der Waals surface area contributed by atoms with Gasteiger partial charge in [0.2, 0.25) is 0 Å². The lowest BCUT2D eigenvalue weighted by Crippen LogP contribution is -2.31. The van der Waals surface area contributed by atoms with E-state index in [1.165, 1.54) is 6.20 Å². The summed E-state index contributed by atoms with van der Waals surface area (Å²) in [7, 11) is 0. The van der Waals surface area contributed by atoms with Gasteiger partial charge in [0.05, 0.1) is 10.8 Å². The Hall–Kier alpha value is -1.70. The summed E-state index contributed by atoms with van der Waals surface area (Å²) in [5, 5.41) is 23.2. The van der Waals surface area contributed by atoms with Gasteiger partial charge in [-0.1, -0.05) is 12.8 Å². The topological polar surface area (TPSA) is 105 Å². The van der Waals surface area contributed by atoms with Gasteiger partial charge in [-0.2, -0.15) is 0 Å². The SMILES string of the molecule is O=C(O)C1CCCCC1CNc1ncc([N+](=O)[O-])s1. The van der Waals surface area contributed by atoms with E-state index in [9.17, 15) is 14.9 Å². The van der Waals surface area contributed by atoms with Crippen molar-refractivity contribution < 1.29 is 14.8 Å². The largest absolute Gasteiger partial charge is 0.481 e. The van der Waals surface area contributed by atoms with Crippen LogP contribution in [0.1, 0.15) is 25.7 Å². The van der Waals surface area contributed by atoms with E-state index in [0.29, 0.717) is 18.1 Å². The molecule has 0 aliphatic heterocycles. The van der Waals surface area contributed by atoms with E-state index in [4.69, 9.17) is 5.11 Å². The lowest BCUT2D eigenvalue weighted by Gasteiger charge is -2.28. The molecule has 2 N–H and O–H groups in total. The molecular formula is C11H15N3O4S. The normalized spacial score (nSPS) is 22.9. The summed E-state index contributed by atoms with van der Waals surface area (Å²) in [4.78, 5) is 25.1. The Bertz CT molecular complexity index is 476. The molecule has 1 heterocycles. The summed E-state index contributed by atoms with van der Waals surface area (Å²) >= 11 is 0.970. The van der Waals surface area contributed by atoms with Crippen molar-refractivity contribution in [1.29, 1.82) is 0 Å². The molecule has 2 atom stereocenters. The Morgan fingerprint density at radius 1 is 1.58 bits per heavy atom. The second-order valence-corrected chi connectivity index (χ2v) is 5.64. The van der Waals surface area contributed by atoms with E-state index < -0.39 is 10.9 Å². The summed E-state index contributed by atoms with van der Waals surface area (Å²) in [6, 6.07) is 0. The molecule has 19 heavy (non-hydrogen) atoms. The highest BCUT2D eigenvalue weighted by molar-refractivity contribution is 7.18. The predicted octanol–water partition coefficient (Wildman–Crippen LogP) is 2.35.